The van der Waals surface area contributed by atoms with E-state index in [1.54, 1.807) is 24.8 Å². The Kier molecular flexibility index (Phi) is 5.41. The molecule has 0 atom stereocenters. The molecule has 0 saturated heterocycles. The summed E-state index contributed by atoms with van der Waals surface area (Å²) in [4.78, 5) is 12.0. The fourth-order valence-corrected chi connectivity index (χ4v) is 2.12. The Balaban J connectivity index is 2.31. The van der Waals surface area contributed by atoms with E-state index < -0.39 is 11.6 Å². The summed E-state index contributed by atoms with van der Waals surface area (Å²) >= 11 is 0. The monoisotopic (exact) mass is 308 g/mol. The van der Waals surface area contributed by atoms with E-state index in [4.69, 9.17) is 4.74 Å². The predicted octanol–water partition coefficient (Wildman–Crippen LogP) is 2.16. The Morgan fingerprint density at radius 3 is 2.68 bits per heavy atom. The van der Waals surface area contributed by atoms with Crippen LogP contribution in [0.3, 0.4) is 0 Å². The molecule has 1 N–H and O–H groups in total. The number of hydrogen-bond donors (Lipinski definition) is 1. The first-order valence-corrected chi connectivity index (χ1v) is 6.90. The van der Waals surface area contributed by atoms with Crippen LogP contribution >= 0.6 is 0 Å². The second-order valence-corrected chi connectivity index (χ2v) is 4.94. The highest BCUT2D eigenvalue weighted by Crippen LogP contribution is 2.15. The summed E-state index contributed by atoms with van der Waals surface area (Å²) in [6, 6.07) is 5.13. The molecule has 118 valence electrons. The van der Waals surface area contributed by atoms with Gasteiger partial charge >= 0.3 is 0 Å². The minimum atomic E-state index is -0.921. The van der Waals surface area contributed by atoms with Crippen LogP contribution in [0.2, 0.25) is 0 Å². The van der Waals surface area contributed by atoms with Crippen molar-refractivity contribution in [1.29, 1.82) is 0 Å². The van der Waals surface area contributed by atoms with Crippen molar-refractivity contribution in [2.24, 2.45) is 0 Å². The number of aryl methyl sites for hydroxylation is 1. The van der Waals surface area contributed by atoms with E-state index in [9.17, 15) is 13.6 Å². The van der Waals surface area contributed by atoms with Gasteiger partial charge < -0.3 is 14.6 Å². The molecule has 0 saturated carbocycles. The van der Waals surface area contributed by atoms with E-state index in [0.29, 0.717) is 36.6 Å². The maximum absolute atomic E-state index is 13.4. The lowest BCUT2D eigenvalue weighted by Gasteiger charge is -2.13. The van der Waals surface area contributed by atoms with Gasteiger partial charge in [0.1, 0.15) is 0 Å². The first-order chi connectivity index (χ1) is 10.5. The van der Waals surface area contributed by atoms with Gasteiger partial charge in [0.15, 0.2) is 17.1 Å². The molecule has 0 spiro atoms. The number of nitrogens with zero attached hydrogens (tertiary/aromatic N) is 1. The van der Waals surface area contributed by atoms with E-state index >= 15 is 0 Å². The van der Waals surface area contributed by atoms with Crippen molar-refractivity contribution in [2.75, 3.05) is 20.3 Å². The molecule has 2 aromatic rings. The van der Waals surface area contributed by atoms with Gasteiger partial charge in [-0.3, -0.25) is 4.79 Å². The molecule has 22 heavy (non-hydrogen) atoms. The first kappa shape index (κ1) is 16.3. The van der Waals surface area contributed by atoms with Crippen molar-refractivity contribution in [3.8, 4) is 5.69 Å². The largest absolute Gasteiger partial charge is 0.383 e. The van der Waals surface area contributed by atoms with Crippen LogP contribution in [0.25, 0.3) is 5.69 Å². The molecular formula is C16H18F2N2O2. The Bertz CT molecular complexity index is 714. The molecule has 0 aliphatic rings. The molecular weight excluding hydrogens is 290 g/mol. The smallest absolute Gasteiger partial charge is 0.186 e. The van der Waals surface area contributed by atoms with Crippen LogP contribution in [0, 0.1) is 18.6 Å². The van der Waals surface area contributed by atoms with Crippen molar-refractivity contribution in [3.63, 3.8) is 0 Å². The molecule has 1 aromatic heterocycles. The van der Waals surface area contributed by atoms with Gasteiger partial charge in [-0.05, 0) is 19.1 Å². The van der Waals surface area contributed by atoms with Gasteiger partial charge in [-0.1, -0.05) is 0 Å². The molecule has 0 aliphatic heterocycles. The Labute approximate surface area is 127 Å². The van der Waals surface area contributed by atoms with Gasteiger partial charge in [-0.15, -0.1) is 0 Å². The molecule has 0 fully saturated rings. The molecule has 0 bridgehead atoms. The Hall–Kier alpha value is -2.05. The van der Waals surface area contributed by atoms with Gasteiger partial charge in [0.25, 0.3) is 0 Å². The number of nitrogens with one attached hydrogen (secondary N) is 1. The van der Waals surface area contributed by atoms with Gasteiger partial charge in [0.05, 0.1) is 6.61 Å². The summed E-state index contributed by atoms with van der Waals surface area (Å²) in [6.07, 6.45) is 1.64. The summed E-state index contributed by atoms with van der Waals surface area (Å²) in [6.45, 7) is 3.29. The van der Waals surface area contributed by atoms with Gasteiger partial charge in [-0.25, -0.2) is 8.78 Å². The van der Waals surface area contributed by atoms with E-state index in [1.807, 2.05) is 0 Å². The maximum Gasteiger partial charge on any atom is 0.186 e. The SMILES string of the molecule is COCCNCc1cn(-c2ccc(F)c(F)c2)c(C)cc1=O. The van der Waals surface area contributed by atoms with Crippen molar-refractivity contribution in [1.82, 2.24) is 9.88 Å². The summed E-state index contributed by atoms with van der Waals surface area (Å²) in [5.41, 5.74) is 1.57. The third-order valence-corrected chi connectivity index (χ3v) is 3.30. The second kappa shape index (κ2) is 7.29. The highest BCUT2D eigenvalue weighted by Gasteiger charge is 2.08. The third kappa shape index (κ3) is 3.78. The van der Waals surface area contributed by atoms with Crippen LogP contribution in [0.4, 0.5) is 8.78 Å². The number of benzene rings is 1. The first-order valence-electron chi connectivity index (χ1n) is 6.90. The molecule has 1 heterocycles. The Morgan fingerprint density at radius 1 is 1.23 bits per heavy atom. The van der Waals surface area contributed by atoms with Crippen molar-refractivity contribution >= 4 is 0 Å². The van der Waals surface area contributed by atoms with E-state index in [2.05, 4.69) is 5.32 Å². The van der Waals surface area contributed by atoms with Gasteiger partial charge in [-0.2, -0.15) is 0 Å². The fourth-order valence-electron chi connectivity index (χ4n) is 2.12. The number of ether oxygens (including phenoxy) is 1. The van der Waals surface area contributed by atoms with E-state index in [1.165, 1.54) is 12.1 Å². The van der Waals surface area contributed by atoms with Crippen molar-refractivity contribution < 1.29 is 13.5 Å². The fraction of sp³-hybridized carbons (Fsp3) is 0.312. The van der Waals surface area contributed by atoms with E-state index in [0.717, 1.165) is 12.1 Å². The minimum Gasteiger partial charge on any atom is -0.383 e. The quantitative estimate of drug-likeness (QED) is 0.832. The number of pyridine rings is 1. The summed E-state index contributed by atoms with van der Waals surface area (Å²) in [5.74, 6) is -1.82. The average Bonchev–Trinajstić information content (AvgIpc) is 2.48. The average molecular weight is 308 g/mol. The van der Waals surface area contributed by atoms with Crippen LogP contribution in [-0.4, -0.2) is 24.8 Å². The normalized spacial score (nSPS) is 10.9. The molecule has 0 radical (unpaired) electrons. The highest BCUT2D eigenvalue weighted by molar-refractivity contribution is 5.36. The number of aromatic nitrogens is 1. The number of halogens is 2. The Morgan fingerprint density at radius 2 is 2.00 bits per heavy atom. The summed E-state index contributed by atoms with van der Waals surface area (Å²) < 4.78 is 33.0. The third-order valence-electron chi connectivity index (χ3n) is 3.30. The molecule has 2 rings (SSSR count). The van der Waals surface area contributed by atoms with Gasteiger partial charge in [0.2, 0.25) is 0 Å². The standard InChI is InChI=1S/C16H18F2N2O2/c1-11-7-16(21)12(9-19-5-6-22-2)10-20(11)13-3-4-14(17)15(18)8-13/h3-4,7-8,10,19H,5-6,9H2,1-2H3. The van der Waals surface area contributed by atoms with Crippen molar-refractivity contribution in [2.45, 2.75) is 13.5 Å². The molecule has 0 amide bonds. The lowest BCUT2D eigenvalue weighted by Crippen LogP contribution is -2.24. The molecule has 4 nitrogen and oxygen atoms in total. The zero-order chi connectivity index (χ0) is 16.1. The van der Waals surface area contributed by atoms with Crippen LogP contribution < -0.4 is 10.7 Å². The molecule has 0 unspecified atom stereocenters. The van der Waals surface area contributed by atoms with Crippen molar-refractivity contribution in [3.05, 3.63) is 63.6 Å². The van der Waals surface area contributed by atoms with Crippen LogP contribution in [0.15, 0.2) is 35.3 Å². The number of rotatable bonds is 6. The zero-order valence-electron chi connectivity index (χ0n) is 12.5. The van der Waals surface area contributed by atoms with Crippen LogP contribution in [0.1, 0.15) is 11.3 Å². The molecule has 0 aliphatic carbocycles. The van der Waals surface area contributed by atoms with Crippen LogP contribution in [-0.2, 0) is 11.3 Å². The lowest BCUT2D eigenvalue weighted by atomic mass is 10.2. The highest BCUT2D eigenvalue weighted by atomic mass is 19.2. The second-order valence-electron chi connectivity index (χ2n) is 4.94. The van der Waals surface area contributed by atoms with Crippen LogP contribution in [0.5, 0.6) is 0 Å². The summed E-state index contributed by atoms with van der Waals surface area (Å²) in [7, 11) is 1.60. The molecule has 1 aromatic carbocycles. The predicted molar refractivity (Wildman–Crippen MR) is 80.3 cm³/mol. The zero-order valence-corrected chi connectivity index (χ0v) is 12.5. The summed E-state index contributed by atoms with van der Waals surface area (Å²) in [5, 5.41) is 3.09. The number of methoxy groups -OCH3 is 1. The minimum absolute atomic E-state index is 0.0961. The van der Waals surface area contributed by atoms with E-state index in [-0.39, 0.29) is 5.43 Å². The van der Waals surface area contributed by atoms with Gasteiger partial charge in [0, 0.05) is 55.5 Å². The lowest BCUT2D eigenvalue weighted by molar-refractivity contribution is 0.199. The molecule has 6 heteroatoms. The topological polar surface area (TPSA) is 43.3 Å². The number of hydrogen-bond acceptors (Lipinski definition) is 3. The maximum atomic E-state index is 13.4.